The van der Waals surface area contributed by atoms with Crippen molar-refractivity contribution in [2.75, 3.05) is 38.4 Å². The average Bonchev–Trinajstić information content (AvgIpc) is 2.60. The van der Waals surface area contributed by atoms with Gasteiger partial charge in [-0.05, 0) is 48.9 Å². The molecule has 25 heavy (non-hydrogen) atoms. The first-order valence-corrected chi connectivity index (χ1v) is 7.91. The summed E-state index contributed by atoms with van der Waals surface area (Å²) in [4.78, 5) is 25.5. The third-order valence-electron chi connectivity index (χ3n) is 3.62. The SMILES string of the molecule is COc1ccc(C)cc1NCC(=O)Nc1ccc(C(=O)N(C)C)cc1. The van der Waals surface area contributed by atoms with Crippen molar-refractivity contribution in [3.63, 3.8) is 0 Å². The Labute approximate surface area is 147 Å². The molecule has 0 aromatic heterocycles. The van der Waals surface area contributed by atoms with E-state index in [0.29, 0.717) is 17.0 Å². The molecule has 0 saturated carbocycles. The molecule has 0 bridgehead atoms. The van der Waals surface area contributed by atoms with Crippen LogP contribution in [0.3, 0.4) is 0 Å². The molecule has 0 atom stereocenters. The highest BCUT2D eigenvalue weighted by Crippen LogP contribution is 2.24. The largest absolute Gasteiger partial charge is 0.495 e. The molecule has 0 aliphatic carbocycles. The van der Waals surface area contributed by atoms with Crippen molar-refractivity contribution in [3.8, 4) is 5.75 Å². The summed E-state index contributed by atoms with van der Waals surface area (Å²) in [6.07, 6.45) is 0. The van der Waals surface area contributed by atoms with Gasteiger partial charge in [0.2, 0.25) is 5.91 Å². The molecule has 0 radical (unpaired) electrons. The maximum atomic E-state index is 12.1. The van der Waals surface area contributed by atoms with Crippen LogP contribution >= 0.6 is 0 Å². The minimum absolute atomic E-state index is 0.0777. The first-order chi connectivity index (χ1) is 11.9. The van der Waals surface area contributed by atoms with Crippen LogP contribution in [-0.2, 0) is 4.79 Å². The Morgan fingerprint density at radius 2 is 1.76 bits per heavy atom. The Balaban J connectivity index is 1.94. The third-order valence-corrected chi connectivity index (χ3v) is 3.62. The molecule has 6 nitrogen and oxygen atoms in total. The molecule has 0 aliphatic rings. The van der Waals surface area contributed by atoms with Gasteiger partial charge in [0.1, 0.15) is 5.75 Å². The van der Waals surface area contributed by atoms with Gasteiger partial charge in [0.05, 0.1) is 19.3 Å². The fraction of sp³-hybridized carbons (Fsp3) is 0.263. The molecule has 0 fully saturated rings. The van der Waals surface area contributed by atoms with Crippen molar-refractivity contribution in [2.45, 2.75) is 6.92 Å². The highest BCUT2D eigenvalue weighted by Gasteiger charge is 2.09. The molecular weight excluding hydrogens is 318 g/mol. The second kappa shape index (κ2) is 8.19. The quantitative estimate of drug-likeness (QED) is 0.847. The summed E-state index contributed by atoms with van der Waals surface area (Å²) in [5, 5.41) is 5.86. The molecule has 2 rings (SSSR count). The normalized spacial score (nSPS) is 10.1. The number of methoxy groups -OCH3 is 1. The van der Waals surface area contributed by atoms with Crippen LogP contribution in [0.15, 0.2) is 42.5 Å². The zero-order valence-corrected chi connectivity index (χ0v) is 14.9. The number of anilines is 2. The number of amides is 2. The minimum Gasteiger partial charge on any atom is -0.495 e. The third kappa shape index (κ3) is 4.97. The zero-order chi connectivity index (χ0) is 18.4. The first-order valence-electron chi connectivity index (χ1n) is 7.91. The molecule has 0 heterocycles. The second-order valence-electron chi connectivity index (χ2n) is 5.88. The van der Waals surface area contributed by atoms with Crippen LogP contribution < -0.4 is 15.4 Å². The van der Waals surface area contributed by atoms with Crippen LogP contribution in [-0.4, -0.2) is 44.5 Å². The number of benzene rings is 2. The number of hydrogen-bond donors (Lipinski definition) is 2. The molecule has 0 saturated heterocycles. The Hall–Kier alpha value is -3.02. The summed E-state index contributed by atoms with van der Waals surface area (Å²) in [6, 6.07) is 12.5. The Morgan fingerprint density at radius 3 is 2.36 bits per heavy atom. The van der Waals surface area contributed by atoms with E-state index >= 15 is 0 Å². The average molecular weight is 341 g/mol. The van der Waals surface area contributed by atoms with Crippen molar-refractivity contribution in [1.29, 1.82) is 0 Å². The lowest BCUT2D eigenvalue weighted by Gasteiger charge is -2.13. The fourth-order valence-electron chi connectivity index (χ4n) is 2.29. The molecular formula is C19H23N3O3. The van der Waals surface area contributed by atoms with Gasteiger partial charge in [-0.15, -0.1) is 0 Å². The van der Waals surface area contributed by atoms with Crippen LogP contribution in [0.1, 0.15) is 15.9 Å². The monoisotopic (exact) mass is 341 g/mol. The van der Waals surface area contributed by atoms with Crippen molar-refractivity contribution in [1.82, 2.24) is 4.90 Å². The molecule has 132 valence electrons. The number of ether oxygens (including phenoxy) is 1. The van der Waals surface area contributed by atoms with E-state index in [4.69, 9.17) is 4.74 Å². The van der Waals surface area contributed by atoms with E-state index in [9.17, 15) is 9.59 Å². The van der Waals surface area contributed by atoms with Gasteiger partial charge in [-0.1, -0.05) is 6.07 Å². The van der Waals surface area contributed by atoms with Crippen molar-refractivity contribution < 1.29 is 14.3 Å². The lowest BCUT2D eigenvalue weighted by Crippen LogP contribution is -2.23. The Kier molecular flexibility index (Phi) is 6.00. The maximum absolute atomic E-state index is 12.1. The van der Waals surface area contributed by atoms with Crippen molar-refractivity contribution in [2.24, 2.45) is 0 Å². The van der Waals surface area contributed by atoms with Gasteiger partial charge in [-0.25, -0.2) is 0 Å². The second-order valence-corrected chi connectivity index (χ2v) is 5.88. The summed E-state index contributed by atoms with van der Waals surface area (Å²) in [5.41, 5.74) is 3.05. The summed E-state index contributed by atoms with van der Waals surface area (Å²) in [5.74, 6) is 0.422. The van der Waals surface area contributed by atoms with E-state index in [2.05, 4.69) is 10.6 Å². The van der Waals surface area contributed by atoms with Crippen LogP contribution in [0.5, 0.6) is 5.75 Å². The number of carbonyl (C=O) groups excluding carboxylic acids is 2. The van der Waals surface area contributed by atoms with Gasteiger partial charge in [-0.2, -0.15) is 0 Å². The molecule has 2 amide bonds. The maximum Gasteiger partial charge on any atom is 0.253 e. The van der Waals surface area contributed by atoms with Gasteiger partial charge in [0.25, 0.3) is 5.91 Å². The number of aryl methyl sites for hydroxylation is 1. The van der Waals surface area contributed by atoms with Crippen LogP contribution in [0.4, 0.5) is 11.4 Å². The number of nitrogens with zero attached hydrogens (tertiary/aromatic N) is 1. The first kappa shape index (κ1) is 18.3. The molecule has 0 aliphatic heterocycles. The van der Waals surface area contributed by atoms with Crippen LogP contribution in [0.25, 0.3) is 0 Å². The van der Waals surface area contributed by atoms with E-state index in [1.54, 1.807) is 45.5 Å². The summed E-state index contributed by atoms with van der Waals surface area (Å²) < 4.78 is 5.28. The predicted octanol–water partition coefficient (Wildman–Crippen LogP) is 2.76. The number of rotatable bonds is 6. The Bertz CT molecular complexity index is 755. The summed E-state index contributed by atoms with van der Waals surface area (Å²) in [7, 11) is 4.99. The van der Waals surface area contributed by atoms with Gasteiger partial charge in [0.15, 0.2) is 0 Å². The van der Waals surface area contributed by atoms with Gasteiger partial charge >= 0.3 is 0 Å². The van der Waals surface area contributed by atoms with E-state index in [1.165, 1.54) is 4.90 Å². The summed E-state index contributed by atoms with van der Waals surface area (Å²) >= 11 is 0. The molecule has 2 aromatic rings. The van der Waals surface area contributed by atoms with E-state index in [0.717, 1.165) is 11.3 Å². The van der Waals surface area contributed by atoms with Crippen LogP contribution in [0.2, 0.25) is 0 Å². The van der Waals surface area contributed by atoms with Gasteiger partial charge in [-0.3, -0.25) is 9.59 Å². The van der Waals surface area contributed by atoms with Crippen molar-refractivity contribution >= 4 is 23.2 Å². The zero-order valence-electron chi connectivity index (χ0n) is 14.9. The fourth-order valence-corrected chi connectivity index (χ4v) is 2.29. The lowest BCUT2D eigenvalue weighted by atomic mass is 10.2. The van der Waals surface area contributed by atoms with E-state index in [-0.39, 0.29) is 18.4 Å². The highest BCUT2D eigenvalue weighted by atomic mass is 16.5. The number of nitrogens with one attached hydrogen (secondary N) is 2. The smallest absolute Gasteiger partial charge is 0.253 e. The molecule has 2 N–H and O–H groups in total. The molecule has 6 heteroatoms. The number of hydrogen-bond acceptors (Lipinski definition) is 4. The predicted molar refractivity (Wildman–Crippen MR) is 99.3 cm³/mol. The highest BCUT2D eigenvalue weighted by molar-refractivity contribution is 5.96. The van der Waals surface area contributed by atoms with E-state index < -0.39 is 0 Å². The summed E-state index contributed by atoms with van der Waals surface area (Å²) in [6.45, 7) is 2.08. The molecule has 0 spiro atoms. The Morgan fingerprint density at radius 1 is 1.08 bits per heavy atom. The number of carbonyl (C=O) groups is 2. The van der Waals surface area contributed by atoms with E-state index in [1.807, 2.05) is 25.1 Å². The molecule has 0 unspecified atom stereocenters. The van der Waals surface area contributed by atoms with Gasteiger partial charge in [0, 0.05) is 25.3 Å². The minimum atomic E-state index is -0.185. The molecule has 2 aromatic carbocycles. The topological polar surface area (TPSA) is 70.7 Å². The standard InChI is InChI=1S/C19H23N3O3/c1-13-5-10-17(25-4)16(11-13)20-12-18(23)21-15-8-6-14(7-9-15)19(24)22(2)3/h5-11,20H,12H2,1-4H3,(H,21,23). The van der Waals surface area contributed by atoms with Crippen LogP contribution in [0, 0.1) is 6.92 Å². The van der Waals surface area contributed by atoms with Crippen molar-refractivity contribution in [3.05, 3.63) is 53.6 Å². The van der Waals surface area contributed by atoms with Gasteiger partial charge < -0.3 is 20.3 Å². The lowest BCUT2D eigenvalue weighted by molar-refractivity contribution is -0.114.